The van der Waals surface area contributed by atoms with Gasteiger partial charge in [0.1, 0.15) is 12.4 Å². The van der Waals surface area contributed by atoms with Crippen molar-refractivity contribution >= 4 is 17.2 Å². The minimum atomic E-state index is -0.371. The fraction of sp³-hybridized carbons (Fsp3) is 0.125. The lowest BCUT2D eigenvalue weighted by molar-refractivity contribution is -0.136. The van der Waals surface area contributed by atoms with Crippen LogP contribution in [0.15, 0.2) is 91.1 Å². The molecule has 0 heterocycles. The fourth-order valence-corrected chi connectivity index (χ4v) is 2.63. The molecular formula is C24H23NO3. The van der Waals surface area contributed by atoms with Gasteiger partial charge in [0, 0.05) is 11.9 Å². The molecular weight excluding hydrogens is 350 g/mol. The molecule has 142 valence electrons. The van der Waals surface area contributed by atoms with Gasteiger partial charge in [0.25, 0.3) is 0 Å². The van der Waals surface area contributed by atoms with Gasteiger partial charge in [0.15, 0.2) is 0 Å². The highest BCUT2D eigenvalue weighted by Crippen LogP contribution is 2.21. The molecule has 1 N–H and O–H groups in total. The molecule has 0 bridgehead atoms. The molecule has 0 aliphatic rings. The van der Waals surface area contributed by atoms with Gasteiger partial charge in [-0.2, -0.15) is 0 Å². The van der Waals surface area contributed by atoms with Gasteiger partial charge in [-0.3, -0.25) is 0 Å². The number of carbonyl (C=O) groups is 1. The Morgan fingerprint density at radius 2 is 1.54 bits per heavy atom. The van der Waals surface area contributed by atoms with Crippen molar-refractivity contribution in [1.29, 1.82) is 0 Å². The van der Waals surface area contributed by atoms with Crippen molar-refractivity contribution in [2.24, 2.45) is 0 Å². The van der Waals surface area contributed by atoms with E-state index in [-0.39, 0.29) is 5.97 Å². The number of nitrogens with one attached hydrogen (secondary N) is 1. The topological polar surface area (TPSA) is 47.6 Å². The summed E-state index contributed by atoms with van der Waals surface area (Å²) in [6.45, 7) is 2.61. The quantitative estimate of drug-likeness (QED) is 0.431. The summed E-state index contributed by atoms with van der Waals surface area (Å²) in [7, 11) is 0. The smallest absolute Gasteiger partial charge is 0.340 e. The van der Waals surface area contributed by atoms with Crippen LogP contribution in [-0.4, -0.2) is 12.6 Å². The number of anilines is 1. The number of para-hydroxylation sites is 1. The third-order valence-corrected chi connectivity index (χ3v) is 4.07. The zero-order chi connectivity index (χ0) is 19.6. The molecule has 3 aromatic carbocycles. The van der Waals surface area contributed by atoms with Gasteiger partial charge < -0.3 is 14.8 Å². The molecule has 4 heteroatoms. The SMILES string of the molecule is CCOC(=O)/C(=C\Nc1ccccc1)c1ccc(OCc2ccccc2)cc1. The van der Waals surface area contributed by atoms with Gasteiger partial charge in [0.2, 0.25) is 0 Å². The van der Waals surface area contributed by atoms with E-state index in [0.717, 1.165) is 22.6 Å². The van der Waals surface area contributed by atoms with E-state index in [4.69, 9.17) is 9.47 Å². The summed E-state index contributed by atoms with van der Waals surface area (Å²) >= 11 is 0. The number of hydrogen-bond acceptors (Lipinski definition) is 4. The molecule has 0 aromatic heterocycles. The number of benzene rings is 3. The van der Waals surface area contributed by atoms with Gasteiger partial charge in [-0.05, 0) is 42.3 Å². The minimum absolute atomic E-state index is 0.319. The van der Waals surface area contributed by atoms with Crippen molar-refractivity contribution in [3.63, 3.8) is 0 Å². The Balaban J connectivity index is 1.73. The van der Waals surface area contributed by atoms with Crippen molar-refractivity contribution in [2.75, 3.05) is 11.9 Å². The third kappa shape index (κ3) is 5.48. The molecule has 0 radical (unpaired) electrons. The monoisotopic (exact) mass is 373 g/mol. The van der Waals surface area contributed by atoms with Crippen LogP contribution in [0, 0.1) is 0 Å². The van der Waals surface area contributed by atoms with Crippen LogP contribution in [0.1, 0.15) is 18.1 Å². The predicted molar refractivity (Wildman–Crippen MR) is 112 cm³/mol. The largest absolute Gasteiger partial charge is 0.489 e. The normalized spacial score (nSPS) is 11.0. The van der Waals surface area contributed by atoms with E-state index in [9.17, 15) is 4.79 Å². The molecule has 0 saturated carbocycles. The molecule has 3 rings (SSSR count). The maximum atomic E-state index is 12.4. The van der Waals surface area contributed by atoms with E-state index in [2.05, 4.69) is 5.32 Å². The molecule has 0 fully saturated rings. The minimum Gasteiger partial charge on any atom is -0.489 e. The van der Waals surface area contributed by atoms with Crippen LogP contribution >= 0.6 is 0 Å². The van der Waals surface area contributed by atoms with Crippen molar-refractivity contribution in [3.8, 4) is 5.75 Å². The van der Waals surface area contributed by atoms with Crippen LogP contribution in [0.25, 0.3) is 5.57 Å². The van der Waals surface area contributed by atoms with Crippen LogP contribution in [0.2, 0.25) is 0 Å². The summed E-state index contributed by atoms with van der Waals surface area (Å²) in [6.07, 6.45) is 1.67. The predicted octanol–water partition coefficient (Wildman–Crippen LogP) is 5.28. The van der Waals surface area contributed by atoms with E-state index in [1.54, 1.807) is 13.1 Å². The first kappa shape index (κ1) is 19.2. The summed E-state index contributed by atoms with van der Waals surface area (Å²) in [6, 6.07) is 27.1. The number of carbonyl (C=O) groups excluding carboxylic acids is 1. The van der Waals surface area contributed by atoms with E-state index in [1.807, 2.05) is 84.9 Å². The van der Waals surface area contributed by atoms with E-state index in [1.165, 1.54) is 0 Å². The third-order valence-electron chi connectivity index (χ3n) is 4.07. The highest BCUT2D eigenvalue weighted by Gasteiger charge is 2.13. The zero-order valence-electron chi connectivity index (χ0n) is 15.8. The van der Waals surface area contributed by atoms with Crippen LogP contribution in [0.3, 0.4) is 0 Å². The molecule has 0 spiro atoms. The fourth-order valence-electron chi connectivity index (χ4n) is 2.63. The molecule has 0 aliphatic heterocycles. The maximum absolute atomic E-state index is 12.4. The Hall–Kier alpha value is -3.53. The van der Waals surface area contributed by atoms with E-state index in [0.29, 0.717) is 18.8 Å². The van der Waals surface area contributed by atoms with Gasteiger partial charge in [-0.25, -0.2) is 4.79 Å². The van der Waals surface area contributed by atoms with Crippen LogP contribution in [-0.2, 0) is 16.1 Å². The lowest BCUT2D eigenvalue weighted by Gasteiger charge is -2.10. The average molecular weight is 373 g/mol. The number of ether oxygens (including phenoxy) is 2. The number of rotatable bonds is 8. The molecule has 0 saturated heterocycles. The number of esters is 1. The lowest BCUT2D eigenvalue weighted by Crippen LogP contribution is -2.08. The average Bonchev–Trinajstić information content (AvgIpc) is 2.75. The first-order chi connectivity index (χ1) is 13.8. The van der Waals surface area contributed by atoms with Gasteiger partial charge in [-0.1, -0.05) is 60.7 Å². The molecule has 0 amide bonds. The summed E-state index contributed by atoms with van der Waals surface area (Å²) in [4.78, 5) is 12.4. The molecule has 3 aromatic rings. The lowest BCUT2D eigenvalue weighted by atomic mass is 10.1. The van der Waals surface area contributed by atoms with Crippen molar-refractivity contribution in [2.45, 2.75) is 13.5 Å². The van der Waals surface area contributed by atoms with Crippen LogP contribution < -0.4 is 10.1 Å². The molecule has 0 atom stereocenters. The van der Waals surface area contributed by atoms with E-state index < -0.39 is 0 Å². The van der Waals surface area contributed by atoms with E-state index >= 15 is 0 Å². The summed E-state index contributed by atoms with van der Waals surface area (Å²) in [5.74, 6) is 0.371. The summed E-state index contributed by atoms with van der Waals surface area (Å²) in [5.41, 5.74) is 3.21. The Morgan fingerprint density at radius 1 is 0.893 bits per heavy atom. The van der Waals surface area contributed by atoms with Gasteiger partial charge in [-0.15, -0.1) is 0 Å². The molecule has 4 nitrogen and oxygen atoms in total. The molecule has 28 heavy (non-hydrogen) atoms. The first-order valence-corrected chi connectivity index (χ1v) is 9.22. The second kappa shape index (κ2) is 9.97. The standard InChI is InChI=1S/C24H23NO3/c1-2-27-24(26)23(17-25-21-11-7-4-8-12-21)20-13-15-22(16-14-20)28-18-19-9-5-3-6-10-19/h3-17,25H,2,18H2,1H3/b23-17-. The van der Waals surface area contributed by atoms with Gasteiger partial charge >= 0.3 is 5.97 Å². The Labute approximate surface area is 165 Å². The number of hydrogen-bond donors (Lipinski definition) is 1. The highest BCUT2D eigenvalue weighted by molar-refractivity contribution is 6.16. The summed E-state index contributed by atoms with van der Waals surface area (Å²) < 4.78 is 11.0. The highest BCUT2D eigenvalue weighted by atomic mass is 16.5. The second-order valence-corrected chi connectivity index (χ2v) is 6.09. The van der Waals surface area contributed by atoms with Crippen molar-refractivity contribution in [3.05, 3.63) is 102 Å². The molecule has 0 unspecified atom stereocenters. The van der Waals surface area contributed by atoms with Crippen molar-refractivity contribution in [1.82, 2.24) is 0 Å². The maximum Gasteiger partial charge on any atom is 0.340 e. The second-order valence-electron chi connectivity index (χ2n) is 6.09. The Morgan fingerprint density at radius 3 is 2.18 bits per heavy atom. The Bertz CT molecular complexity index is 904. The van der Waals surface area contributed by atoms with Gasteiger partial charge in [0.05, 0.1) is 12.2 Å². The summed E-state index contributed by atoms with van der Waals surface area (Å²) in [5, 5.41) is 3.15. The zero-order valence-corrected chi connectivity index (χ0v) is 15.8. The Kier molecular flexibility index (Phi) is 6.85. The molecule has 0 aliphatic carbocycles. The van der Waals surface area contributed by atoms with Crippen molar-refractivity contribution < 1.29 is 14.3 Å². The first-order valence-electron chi connectivity index (χ1n) is 9.22. The van der Waals surface area contributed by atoms with Crippen LogP contribution in [0.4, 0.5) is 5.69 Å². The van der Waals surface area contributed by atoms with Crippen LogP contribution in [0.5, 0.6) is 5.75 Å².